The SMILES string of the molecule is CC(C)CC(=O)NC(C(=O)N1CCN(C(=O)c2ccccc2C(F)(F)F)CC1)c1ccccc1. The molecule has 6 nitrogen and oxygen atoms in total. The number of piperazine rings is 1. The summed E-state index contributed by atoms with van der Waals surface area (Å²) in [5, 5.41) is 2.81. The van der Waals surface area contributed by atoms with E-state index in [4.69, 9.17) is 0 Å². The molecular formula is C25H28F3N3O3. The maximum absolute atomic E-state index is 13.3. The number of rotatable bonds is 6. The first-order chi connectivity index (χ1) is 16.1. The lowest BCUT2D eigenvalue weighted by Crippen LogP contribution is -2.53. The summed E-state index contributed by atoms with van der Waals surface area (Å²) in [6, 6.07) is 12.7. The molecule has 1 unspecified atom stereocenters. The van der Waals surface area contributed by atoms with E-state index in [-0.39, 0.29) is 50.3 Å². The third-order valence-corrected chi connectivity index (χ3v) is 5.62. The van der Waals surface area contributed by atoms with Gasteiger partial charge >= 0.3 is 6.18 Å². The first kappa shape index (κ1) is 25.3. The van der Waals surface area contributed by atoms with Crippen LogP contribution in [0.25, 0.3) is 0 Å². The first-order valence-corrected chi connectivity index (χ1v) is 11.2. The van der Waals surface area contributed by atoms with Gasteiger partial charge in [0.1, 0.15) is 6.04 Å². The second-order valence-electron chi connectivity index (χ2n) is 8.67. The van der Waals surface area contributed by atoms with Gasteiger partial charge in [0.15, 0.2) is 0 Å². The van der Waals surface area contributed by atoms with Gasteiger partial charge in [-0.3, -0.25) is 14.4 Å². The molecule has 1 atom stereocenters. The molecule has 0 radical (unpaired) electrons. The molecule has 0 bridgehead atoms. The molecule has 1 fully saturated rings. The second kappa shape index (κ2) is 10.7. The molecule has 1 saturated heterocycles. The summed E-state index contributed by atoms with van der Waals surface area (Å²) < 4.78 is 40.0. The minimum atomic E-state index is -4.64. The van der Waals surface area contributed by atoms with E-state index in [9.17, 15) is 27.6 Å². The van der Waals surface area contributed by atoms with Gasteiger partial charge in [0.2, 0.25) is 11.8 Å². The van der Waals surface area contributed by atoms with Crippen molar-refractivity contribution in [1.82, 2.24) is 15.1 Å². The molecule has 1 N–H and O–H groups in total. The lowest BCUT2D eigenvalue weighted by Gasteiger charge is -2.37. The van der Waals surface area contributed by atoms with Crippen molar-refractivity contribution in [3.8, 4) is 0 Å². The Morgan fingerprint density at radius 1 is 0.882 bits per heavy atom. The van der Waals surface area contributed by atoms with E-state index >= 15 is 0 Å². The van der Waals surface area contributed by atoms with E-state index in [1.807, 2.05) is 19.9 Å². The van der Waals surface area contributed by atoms with Crippen molar-refractivity contribution in [2.24, 2.45) is 5.92 Å². The monoisotopic (exact) mass is 475 g/mol. The van der Waals surface area contributed by atoms with Gasteiger partial charge in [-0.2, -0.15) is 13.2 Å². The third-order valence-electron chi connectivity index (χ3n) is 5.62. The Bertz CT molecular complexity index is 1020. The number of hydrogen-bond donors (Lipinski definition) is 1. The van der Waals surface area contributed by atoms with E-state index in [2.05, 4.69) is 5.32 Å². The number of carbonyl (C=O) groups excluding carboxylic acids is 3. The van der Waals surface area contributed by atoms with Crippen LogP contribution in [0.5, 0.6) is 0 Å². The van der Waals surface area contributed by atoms with E-state index in [0.717, 1.165) is 6.07 Å². The van der Waals surface area contributed by atoms with Crippen LogP contribution >= 0.6 is 0 Å². The Morgan fingerprint density at radius 3 is 2.03 bits per heavy atom. The molecule has 0 aromatic heterocycles. The van der Waals surface area contributed by atoms with Crippen LogP contribution in [0.1, 0.15) is 47.8 Å². The number of nitrogens with zero attached hydrogens (tertiary/aromatic N) is 2. The number of nitrogens with one attached hydrogen (secondary N) is 1. The van der Waals surface area contributed by atoms with Gasteiger partial charge in [0, 0.05) is 32.6 Å². The van der Waals surface area contributed by atoms with E-state index in [0.29, 0.717) is 5.56 Å². The number of alkyl halides is 3. The molecule has 34 heavy (non-hydrogen) atoms. The summed E-state index contributed by atoms with van der Waals surface area (Å²) in [5.74, 6) is -1.15. The molecule has 1 heterocycles. The van der Waals surface area contributed by atoms with Gasteiger partial charge in [-0.1, -0.05) is 56.3 Å². The predicted octanol–water partition coefficient (Wildman–Crippen LogP) is 3.89. The Balaban J connectivity index is 1.71. The number of hydrogen-bond acceptors (Lipinski definition) is 3. The zero-order valence-electron chi connectivity index (χ0n) is 19.1. The summed E-state index contributed by atoms with van der Waals surface area (Å²) in [5.41, 5.74) is -0.740. The van der Waals surface area contributed by atoms with Gasteiger partial charge in [-0.25, -0.2) is 0 Å². The van der Waals surface area contributed by atoms with Crippen molar-refractivity contribution in [2.45, 2.75) is 32.5 Å². The molecule has 182 valence electrons. The highest BCUT2D eigenvalue weighted by molar-refractivity contribution is 5.96. The Kier molecular flexibility index (Phi) is 7.96. The van der Waals surface area contributed by atoms with Crippen LogP contribution in [0.3, 0.4) is 0 Å². The summed E-state index contributed by atoms with van der Waals surface area (Å²) in [6.45, 7) is 4.32. The van der Waals surface area contributed by atoms with Gasteiger partial charge in [0.25, 0.3) is 5.91 Å². The van der Waals surface area contributed by atoms with Crippen LogP contribution in [-0.4, -0.2) is 53.7 Å². The molecule has 0 aliphatic carbocycles. The van der Waals surface area contributed by atoms with Crippen molar-refractivity contribution < 1.29 is 27.6 Å². The van der Waals surface area contributed by atoms with E-state index in [1.165, 1.54) is 28.0 Å². The van der Waals surface area contributed by atoms with Crippen LogP contribution in [-0.2, 0) is 15.8 Å². The second-order valence-corrected chi connectivity index (χ2v) is 8.67. The fourth-order valence-electron chi connectivity index (χ4n) is 3.92. The highest BCUT2D eigenvalue weighted by Crippen LogP contribution is 2.32. The number of amides is 3. The smallest absolute Gasteiger partial charge is 0.341 e. The van der Waals surface area contributed by atoms with Crippen LogP contribution in [0.4, 0.5) is 13.2 Å². The molecule has 2 aromatic carbocycles. The zero-order chi connectivity index (χ0) is 24.9. The lowest BCUT2D eigenvalue weighted by molar-refractivity contribution is -0.138. The van der Waals surface area contributed by atoms with Crippen molar-refractivity contribution >= 4 is 17.7 Å². The van der Waals surface area contributed by atoms with Gasteiger partial charge in [-0.15, -0.1) is 0 Å². The molecule has 0 saturated carbocycles. The average Bonchev–Trinajstić information content (AvgIpc) is 2.81. The molecule has 0 spiro atoms. The number of benzene rings is 2. The first-order valence-electron chi connectivity index (χ1n) is 11.2. The maximum Gasteiger partial charge on any atom is 0.417 e. The summed E-state index contributed by atoms with van der Waals surface area (Å²) >= 11 is 0. The predicted molar refractivity (Wildman–Crippen MR) is 121 cm³/mol. The van der Waals surface area contributed by atoms with Crippen molar-refractivity contribution in [2.75, 3.05) is 26.2 Å². The highest BCUT2D eigenvalue weighted by Gasteiger charge is 2.37. The minimum absolute atomic E-state index is 0.0955. The normalized spacial score (nSPS) is 15.2. The van der Waals surface area contributed by atoms with E-state index < -0.39 is 29.3 Å². The molecule has 2 aromatic rings. The molecule has 9 heteroatoms. The summed E-state index contributed by atoms with van der Waals surface area (Å²) in [4.78, 5) is 41.4. The van der Waals surface area contributed by atoms with Crippen molar-refractivity contribution in [1.29, 1.82) is 0 Å². The van der Waals surface area contributed by atoms with Crippen LogP contribution in [0, 0.1) is 5.92 Å². The van der Waals surface area contributed by atoms with Crippen LogP contribution < -0.4 is 5.32 Å². The standard InChI is InChI=1S/C25H28F3N3O3/c1-17(2)16-21(32)29-22(18-8-4-3-5-9-18)24(34)31-14-12-30(13-15-31)23(33)19-10-6-7-11-20(19)25(26,27)28/h3-11,17,22H,12-16H2,1-2H3,(H,29,32). The molecule has 1 aliphatic heterocycles. The van der Waals surface area contributed by atoms with Gasteiger partial charge in [0.05, 0.1) is 11.1 Å². The fraction of sp³-hybridized carbons (Fsp3) is 0.400. The molecule has 3 rings (SSSR count). The Morgan fingerprint density at radius 2 is 1.44 bits per heavy atom. The summed E-state index contributed by atoms with van der Waals surface area (Å²) in [6.07, 6.45) is -4.36. The highest BCUT2D eigenvalue weighted by atomic mass is 19.4. The largest absolute Gasteiger partial charge is 0.417 e. The molecule has 1 aliphatic rings. The zero-order valence-corrected chi connectivity index (χ0v) is 19.1. The van der Waals surface area contributed by atoms with Gasteiger partial charge in [-0.05, 0) is 23.6 Å². The maximum atomic E-state index is 13.3. The number of carbonyl (C=O) groups is 3. The van der Waals surface area contributed by atoms with E-state index in [1.54, 1.807) is 24.3 Å². The van der Waals surface area contributed by atoms with Gasteiger partial charge < -0.3 is 15.1 Å². The summed E-state index contributed by atoms with van der Waals surface area (Å²) in [7, 11) is 0. The molecule has 3 amide bonds. The Hall–Kier alpha value is -3.36. The average molecular weight is 476 g/mol. The fourth-order valence-corrected chi connectivity index (χ4v) is 3.92. The third kappa shape index (κ3) is 6.15. The Labute approximate surface area is 196 Å². The minimum Gasteiger partial charge on any atom is -0.341 e. The molecular weight excluding hydrogens is 447 g/mol. The topological polar surface area (TPSA) is 69.7 Å². The van der Waals surface area contributed by atoms with Crippen LogP contribution in [0.15, 0.2) is 54.6 Å². The number of halogens is 3. The van der Waals surface area contributed by atoms with Crippen molar-refractivity contribution in [3.05, 3.63) is 71.3 Å². The van der Waals surface area contributed by atoms with Crippen molar-refractivity contribution in [3.63, 3.8) is 0 Å². The lowest BCUT2D eigenvalue weighted by atomic mass is 10.0. The van der Waals surface area contributed by atoms with Crippen LogP contribution in [0.2, 0.25) is 0 Å². The quantitative estimate of drug-likeness (QED) is 0.689.